The van der Waals surface area contributed by atoms with Crippen LogP contribution in [0.3, 0.4) is 0 Å². The summed E-state index contributed by atoms with van der Waals surface area (Å²) in [6.45, 7) is 5.37. The molecule has 1 aliphatic heterocycles. The number of benzene rings is 1. The van der Waals surface area contributed by atoms with Crippen LogP contribution in [0, 0.1) is 0 Å². The van der Waals surface area contributed by atoms with Gasteiger partial charge in [-0.2, -0.15) is 0 Å². The van der Waals surface area contributed by atoms with Crippen molar-refractivity contribution in [1.29, 1.82) is 0 Å². The lowest BCUT2D eigenvalue weighted by Gasteiger charge is -2.32. The predicted octanol–water partition coefficient (Wildman–Crippen LogP) is 3.48. The average Bonchev–Trinajstić information content (AvgIpc) is 3.19. The Balaban J connectivity index is 0.00000261. The van der Waals surface area contributed by atoms with E-state index in [1.54, 1.807) is 20.5 Å². The molecule has 0 atom stereocenters. The number of rotatable bonds is 6. The van der Waals surface area contributed by atoms with Gasteiger partial charge in [-0.3, -0.25) is 4.99 Å². The van der Waals surface area contributed by atoms with Crippen LogP contribution in [0.1, 0.15) is 23.8 Å². The molecule has 0 unspecified atom stereocenters. The largest absolute Gasteiger partial charge is 0.493 e. The SMILES string of the molecule is CCNC(=NCCc1ccco1)N1CCc2cc(OC)c(OC)cc2C1.I. The summed E-state index contributed by atoms with van der Waals surface area (Å²) >= 11 is 0. The summed E-state index contributed by atoms with van der Waals surface area (Å²) in [6, 6.07) is 8.06. The van der Waals surface area contributed by atoms with Crippen LogP contribution in [0.15, 0.2) is 39.9 Å². The van der Waals surface area contributed by atoms with Crippen LogP contribution < -0.4 is 14.8 Å². The first-order valence-corrected chi connectivity index (χ1v) is 9.04. The number of nitrogens with zero attached hydrogens (tertiary/aromatic N) is 2. The first-order chi connectivity index (χ1) is 12.7. The van der Waals surface area contributed by atoms with Gasteiger partial charge in [-0.25, -0.2) is 0 Å². The number of furan rings is 1. The number of hydrogen-bond acceptors (Lipinski definition) is 4. The maximum absolute atomic E-state index is 5.45. The van der Waals surface area contributed by atoms with Crippen LogP contribution in [-0.4, -0.2) is 44.7 Å². The maximum Gasteiger partial charge on any atom is 0.194 e. The van der Waals surface area contributed by atoms with E-state index in [4.69, 9.17) is 18.9 Å². The van der Waals surface area contributed by atoms with Gasteiger partial charge < -0.3 is 24.1 Å². The van der Waals surface area contributed by atoms with Crippen molar-refractivity contribution in [1.82, 2.24) is 10.2 Å². The van der Waals surface area contributed by atoms with E-state index < -0.39 is 0 Å². The Morgan fingerprint density at radius 3 is 2.59 bits per heavy atom. The van der Waals surface area contributed by atoms with Gasteiger partial charge in [0.1, 0.15) is 5.76 Å². The highest BCUT2D eigenvalue weighted by Crippen LogP contribution is 2.33. The highest BCUT2D eigenvalue weighted by Gasteiger charge is 2.21. The number of halogens is 1. The molecular weight excluding hydrogens is 457 g/mol. The normalized spacial score (nSPS) is 13.6. The molecule has 0 bridgehead atoms. The second kappa shape index (κ2) is 10.4. The highest BCUT2D eigenvalue weighted by atomic mass is 127. The standard InChI is InChI=1S/C20H27N3O3.HI/c1-4-21-20(22-9-7-17-6-5-11-26-17)23-10-8-15-12-18(24-2)19(25-3)13-16(15)14-23;/h5-6,11-13H,4,7-10,14H2,1-3H3,(H,21,22);1H. The lowest BCUT2D eigenvalue weighted by atomic mass is 9.99. The second-order valence-electron chi connectivity index (χ2n) is 6.21. The molecule has 0 spiro atoms. The Kier molecular flexibility index (Phi) is 8.27. The molecule has 27 heavy (non-hydrogen) atoms. The zero-order valence-corrected chi connectivity index (χ0v) is 18.5. The highest BCUT2D eigenvalue weighted by molar-refractivity contribution is 14.0. The molecule has 0 fully saturated rings. The zero-order valence-electron chi connectivity index (χ0n) is 16.2. The van der Waals surface area contributed by atoms with Crippen molar-refractivity contribution in [2.75, 3.05) is 33.9 Å². The van der Waals surface area contributed by atoms with Crippen LogP contribution in [0.25, 0.3) is 0 Å². The fourth-order valence-electron chi connectivity index (χ4n) is 3.22. The summed E-state index contributed by atoms with van der Waals surface area (Å²) in [7, 11) is 3.35. The zero-order chi connectivity index (χ0) is 18.4. The van der Waals surface area contributed by atoms with Gasteiger partial charge in [0, 0.05) is 32.6 Å². The third-order valence-electron chi connectivity index (χ3n) is 4.55. The van der Waals surface area contributed by atoms with Gasteiger partial charge in [-0.1, -0.05) is 0 Å². The lowest BCUT2D eigenvalue weighted by molar-refractivity contribution is 0.346. The minimum atomic E-state index is 0. The third kappa shape index (κ3) is 5.31. The molecule has 1 N–H and O–H groups in total. The smallest absolute Gasteiger partial charge is 0.194 e. The summed E-state index contributed by atoms with van der Waals surface area (Å²) in [4.78, 5) is 7.07. The molecule has 0 saturated heterocycles. The van der Waals surface area contributed by atoms with Gasteiger partial charge in [0.15, 0.2) is 17.5 Å². The molecule has 3 rings (SSSR count). The maximum atomic E-state index is 5.45. The Bertz CT molecular complexity index is 747. The van der Waals surface area contributed by atoms with Crippen molar-refractivity contribution in [3.05, 3.63) is 47.4 Å². The van der Waals surface area contributed by atoms with Crippen molar-refractivity contribution in [3.63, 3.8) is 0 Å². The number of fused-ring (bicyclic) bond motifs is 1. The van der Waals surface area contributed by atoms with Crippen molar-refractivity contribution in [3.8, 4) is 11.5 Å². The number of ether oxygens (including phenoxy) is 2. The molecule has 0 saturated carbocycles. The van der Waals surface area contributed by atoms with Crippen LogP contribution in [0.5, 0.6) is 11.5 Å². The molecule has 7 heteroatoms. The van der Waals surface area contributed by atoms with Gasteiger partial charge in [0.05, 0.1) is 20.5 Å². The number of aliphatic imine (C=N–C) groups is 1. The van der Waals surface area contributed by atoms with Gasteiger partial charge >= 0.3 is 0 Å². The molecule has 1 aromatic heterocycles. The molecular formula is C20H28IN3O3. The van der Waals surface area contributed by atoms with Crippen LogP contribution in [-0.2, 0) is 19.4 Å². The molecule has 1 aliphatic rings. The van der Waals surface area contributed by atoms with Crippen LogP contribution in [0.4, 0.5) is 0 Å². The fraction of sp³-hybridized carbons (Fsp3) is 0.450. The average molecular weight is 485 g/mol. The van der Waals surface area contributed by atoms with Crippen LogP contribution >= 0.6 is 24.0 Å². The van der Waals surface area contributed by atoms with E-state index in [9.17, 15) is 0 Å². The van der Waals surface area contributed by atoms with Gasteiger partial charge in [0.2, 0.25) is 0 Å². The van der Waals surface area contributed by atoms with E-state index in [-0.39, 0.29) is 24.0 Å². The monoisotopic (exact) mass is 485 g/mol. The Morgan fingerprint density at radius 2 is 1.96 bits per heavy atom. The minimum Gasteiger partial charge on any atom is -0.493 e. The van der Waals surface area contributed by atoms with Gasteiger partial charge in [0.25, 0.3) is 0 Å². The first-order valence-electron chi connectivity index (χ1n) is 9.04. The summed E-state index contributed by atoms with van der Waals surface area (Å²) in [5.41, 5.74) is 2.57. The van der Waals surface area contributed by atoms with Gasteiger partial charge in [-0.15, -0.1) is 24.0 Å². The second-order valence-corrected chi connectivity index (χ2v) is 6.21. The molecule has 0 radical (unpaired) electrons. The number of methoxy groups -OCH3 is 2. The molecule has 2 heterocycles. The predicted molar refractivity (Wildman–Crippen MR) is 117 cm³/mol. The molecule has 2 aromatic rings. The van der Waals surface area contributed by atoms with Crippen molar-refractivity contribution >= 4 is 29.9 Å². The van der Waals surface area contributed by atoms with E-state index in [1.807, 2.05) is 12.1 Å². The lowest BCUT2D eigenvalue weighted by Crippen LogP contribution is -2.44. The van der Waals surface area contributed by atoms with Crippen molar-refractivity contribution < 1.29 is 13.9 Å². The molecule has 1 aromatic carbocycles. The minimum absolute atomic E-state index is 0. The molecule has 0 aliphatic carbocycles. The summed E-state index contributed by atoms with van der Waals surface area (Å²) in [5.74, 6) is 3.47. The number of nitrogens with one attached hydrogen (secondary N) is 1. The topological polar surface area (TPSA) is 59.2 Å². The van der Waals surface area contributed by atoms with E-state index >= 15 is 0 Å². The van der Waals surface area contributed by atoms with Crippen LogP contribution in [0.2, 0.25) is 0 Å². The van der Waals surface area contributed by atoms with Gasteiger partial charge in [-0.05, 0) is 48.7 Å². The first kappa shape index (κ1) is 21.4. The number of hydrogen-bond donors (Lipinski definition) is 1. The van der Waals surface area contributed by atoms with E-state index in [0.29, 0.717) is 6.54 Å². The van der Waals surface area contributed by atoms with Crippen molar-refractivity contribution in [2.24, 2.45) is 4.99 Å². The summed E-state index contributed by atoms with van der Waals surface area (Å²) in [5, 5.41) is 3.40. The molecule has 6 nitrogen and oxygen atoms in total. The summed E-state index contributed by atoms with van der Waals surface area (Å²) < 4.78 is 16.3. The Labute approximate surface area is 178 Å². The van der Waals surface area contributed by atoms with E-state index in [2.05, 4.69) is 29.3 Å². The Hall–Kier alpha value is -1.90. The third-order valence-corrected chi connectivity index (χ3v) is 4.55. The van der Waals surface area contributed by atoms with E-state index in [1.165, 1.54) is 11.1 Å². The van der Waals surface area contributed by atoms with Crippen molar-refractivity contribution in [2.45, 2.75) is 26.3 Å². The summed E-state index contributed by atoms with van der Waals surface area (Å²) in [6.07, 6.45) is 3.46. The quantitative estimate of drug-likeness (QED) is 0.386. The number of guanidine groups is 1. The van der Waals surface area contributed by atoms with E-state index in [0.717, 1.165) is 55.7 Å². The fourth-order valence-corrected chi connectivity index (χ4v) is 3.22. The Morgan fingerprint density at radius 1 is 1.22 bits per heavy atom. The molecule has 148 valence electrons. The molecule has 0 amide bonds.